The van der Waals surface area contributed by atoms with Crippen molar-refractivity contribution in [1.82, 2.24) is 5.32 Å². The molecule has 3 nitrogen and oxygen atoms in total. The number of nitrogens with one attached hydrogen (secondary N) is 1. The summed E-state index contributed by atoms with van der Waals surface area (Å²) < 4.78 is 19.4. The van der Waals surface area contributed by atoms with Gasteiger partial charge >= 0.3 is 0 Å². The number of piperazine rings is 1. The summed E-state index contributed by atoms with van der Waals surface area (Å²) in [5.41, 5.74) is 1.11. The molecule has 1 aromatic rings. The number of hydrogen-bond acceptors (Lipinski definition) is 3. The Hall–Kier alpha value is -1.29. The van der Waals surface area contributed by atoms with Gasteiger partial charge in [-0.25, -0.2) is 4.39 Å². The summed E-state index contributed by atoms with van der Waals surface area (Å²) >= 11 is 0. The Morgan fingerprint density at radius 1 is 1.43 bits per heavy atom. The van der Waals surface area contributed by atoms with Gasteiger partial charge in [0.15, 0.2) is 11.6 Å². The second kappa shape index (κ2) is 5.48. The van der Waals surface area contributed by atoms with Crippen LogP contribution in [0.25, 0.3) is 0 Å². The van der Waals surface area contributed by atoms with Crippen LogP contribution in [0.1, 0.15) is 33.6 Å². The van der Waals surface area contributed by atoms with Crippen molar-refractivity contribution in [3.05, 3.63) is 24.0 Å². The number of nitrogens with zero attached hydrogens (tertiary/aromatic N) is 1. The molecule has 2 unspecified atom stereocenters. The lowest BCUT2D eigenvalue weighted by Gasteiger charge is -2.47. The zero-order valence-electron chi connectivity index (χ0n) is 13.2. The largest absolute Gasteiger partial charge is 0.491 e. The normalized spacial score (nSPS) is 29.5. The number of halogens is 1. The standard InChI is InChI=1S/C17H25FN2O/c1-4-21-16-8-7-14(9-15(16)18)20-11-17(3,13-5-6-13)19-10-12(20)2/h7-9,12-13,19H,4-6,10-11H2,1-3H3. The van der Waals surface area contributed by atoms with E-state index in [1.807, 2.05) is 13.0 Å². The van der Waals surface area contributed by atoms with Gasteiger partial charge in [-0.15, -0.1) is 0 Å². The zero-order chi connectivity index (χ0) is 15.0. The molecule has 0 amide bonds. The smallest absolute Gasteiger partial charge is 0.167 e. The van der Waals surface area contributed by atoms with Crippen LogP contribution in [-0.2, 0) is 0 Å². The predicted octanol–water partition coefficient (Wildman–Crippen LogP) is 3.19. The monoisotopic (exact) mass is 292 g/mol. The third kappa shape index (κ3) is 2.86. The van der Waals surface area contributed by atoms with Gasteiger partial charge in [0.2, 0.25) is 0 Å². The van der Waals surface area contributed by atoms with Crippen molar-refractivity contribution in [3.8, 4) is 5.75 Å². The molecule has 1 saturated carbocycles. The van der Waals surface area contributed by atoms with E-state index < -0.39 is 0 Å². The average Bonchev–Trinajstić information content (AvgIpc) is 3.29. The van der Waals surface area contributed by atoms with Gasteiger partial charge in [-0.1, -0.05) is 0 Å². The summed E-state index contributed by atoms with van der Waals surface area (Å²) in [7, 11) is 0. The van der Waals surface area contributed by atoms with E-state index in [0.29, 0.717) is 18.4 Å². The lowest BCUT2D eigenvalue weighted by molar-refractivity contribution is 0.260. The van der Waals surface area contributed by atoms with E-state index in [4.69, 9.17) is 4.74 Å². The zero-order valence-corrected chi connectivity index (χ0v) is 13.2. The van der Waals surface area contributed by atoms with Crippen molar-refractivity contribution in [2.45, 2.75) is 45.2 Å². The Kier molecular flexibility index (Phi) is 3.82. The first-order chi connectivity index (χ1) is 10.0. The predicted molar refractivity (Wildman–Crippen MR) is 83.5 cm³/mol. The summed E-state index contributed by atoms with van der Waals surface area (Å²) in [6.07, 6.45) is 2.62. The summed E-state index contributed by atoms with van der Waals surface area (Å²) in [6, 6.07) is 5.70. The highest BCUT2D eigenvalue weighted by Crippen LogP contribution is 2.42. The Morgan fingerprint density at radius 2 is 2.19 bits per heavy atom. The molecule has 1 saturated heterocycles. The summed E-state index contributed by atoms with van der Waals surface area (Å²) in [5.74, 6) is 0.835. The molecule has 4 heteroatoms. The molecule has 0 spiro atoms. The van der Waals surface area contributed by atoms with Gasteiger partial charge in [0.25, 0.3) is 0 Å². The minimum absolute atomic E-state index is 0.154. The summed E-state index contributed by atoms with van der Waals surface area (Å²) in [4.78, 5) is 2.33. The molecule has 1 aliphatic carbocycles. The van der Waals surface area contributed by atoms with Crippen LogP contribution in [0.4, 0.5) is 10.1 Å². The minimum atomic E-state index is -0.270. The van der Waals surface area contributed by atoms with Crippen molar-refractivity contribution in [3.63, 3.8) is 0 Å². The van der Waals surface area contributed by atoms with E-state index >= 15 is 0 Å². The van der Waals surface area contributed by atoms with Crippen LogP contribution < -0.4 is 15.0 Å². The summed E-state index contributed by atoms with van der Waals surface area (Å²) in [6.45, 7) is 8.73. The molecule has 0 bridgehead atoms. The molecular weight excluding hydrogens is 267 g/mol. The molecule has 0 radical (unpaired) electrons. The second-order valence-electron chi connectivity index (χ2n) is 6.60. The van der Waals surface area contributed by atoms with Gasteiger partial charge in [-0.05, 0) is 51.7 Å². The van der Waals surface area contributed by atoms with E-state index in [-0.39, 0.29) is 11.4 Å². The first-order valence-corrected chi connectivity index (χ1v) is 7.97. The van der Waals surface area contributed by atoms with Crippen LogP contribution in [-0.4, -0.2) is 31.3 Å². The maximum absolute atomic E-state index is 14.1. The Bertz CT molecular complexity index is 518. The molecule has 21 heavy (non-hydrogen) atoms. The van der Waals surface area contributed by atoms with Crippen LogP contribution in [0.5, 0.6) is 5.75 Å². The van der Waals surface area contributed by atoms with Gasteiger partial charge in [-0.3, -0.25) is 0 Å². The lowest BCUT2D eigenvalue weighted by Crippen LogP contribution is -2.63. The number of benzene rings is 1. The third-order valence-corrected chi connectivity index (χ3v) is 4.86. The fourth-order valence-electron chi connectivity index (χ4n) is 3.34. The first-order valence-electron chi connectivity index (χ1n) is 7.97. The molecule has 116 valence electrons. The molecule has 1 aromatic carbocycles. The van der Waals surface area contributed by atoms with E-state index in [0.717, 1.165) is 24.7 Å². The Balaban J connectivity index is 1.82. The van der Waals surface area contributed by atoms with Gasteiger partial charge in [0.1, 0.15) is 0 Å². The van der Waals surface area contributed by atoms with Gasteiger partial charge in [0.05, 0.1) is 6.61 Å². The van der Waals surface area contributed by atoms with Crippen molar-refractivity contribution >= 4 is 5.69 Å². The third-order valence-electron chi connectivity index (χ3n) is 4.86. The molecule has 2 fully saturated rings. The molecule has 1 N–H and O–H groups in total. The van der Waals surface area contributed by atoms with Crippen LogP contribution in [0.15, 0.2) is 18.2 Å². The number of anilines is 1. The molecule has 0 aromatic heterocycles. The minimum Gasteiger partial charge on any atom is -0.491 e. The van der Waals surface area contributed by atoms with E-state index in [2.05, 4.69) is 24.1 Å². The van der Waals surface area contributed by atoms with Gasteiger partial charge in [0, 0.05) is 36.4 Å². The quantitative estimate of drug-likeness (QED) is 0.922. The van der Waals surface area contributed by atoms with Gasteiger partial charge < -0.3 is 15.0 Å². The highest BCUT2D eigenvalue weighted by atomic mass is 19.1. The van der Waals surface area contributed by atoms with Crippen molar-refractivity contribution < 1.29 is 9.13 Å². The van der Waals surface area contributed by atoms with Crippen molar-refractivity contribution in [2.24, 2.45) is 5.92 Å². The van der Waals surface area contributed by atoms with Crippen LogP contribution >= 0.6 is 0 Å². The number of hydrogen-bond donors (Lipinski definition) is 1. The lowest BCUT2D eigenvalue weighted by atomic mass is 9.91. The topological polar surface area (TPSA) is 24.5 Å². The van der Waals surface area contributed by atoms with Crippen molar-refractivity contribution in [2.75, 3.05) is 24.6 Å². The molecule has 1 heterocycles. The highest BCUT2D eigenvalue weighted by Gasteiger charge is 2.45. The average molecular weight is 292 g/mol. The molecule has 2 atom stereocenters. The second-order valence-corrected chi connectivity index (χ2v) is 6.60. The Labute approximate surface area is 126 Å². The number of ether oxygens (including phenoxy) is 1. The van der Waals surface area contributed by atoms with Crippen LogP contribution in [0, 0.1) is 11.7 Å². The highest BCUT2D eigenvalue weighted by molar-refractivity contribution is 5.52. The van der Waals surface area contributed by atoms with Crippen LogP contribution in [0.3, 0.4) is 0 Å². The molecular formula is C17H25FN2O. The van der Waals surface area contributed by atoms with E-state index in [1.54, 1.807) is 12.1 Å². The maximum atomic E-state index is 14.1. The van der Waals surface area contributed by atoms with Crippen molar-refractivity contribution in [1.29, 1.82) is 0 Å². The van der Waals surface area contributed by atoms with E-state index in [1.165, 1.54) is 12.8 Å². The van der Waals surface area contributed by atoms with Gasteiger partial charge in [-0.2, -0.15) is 0 Å². The maximum Gasteiger partial charge on any atom is 0.167 e. The Morgan fingerprint density at radius 3 is 2.81 bits per heavy atom. The fourth-order valence-corrected chi connectivity index (χ4v) is 3.34. The molecule has 3 rings (SSSR count). The molecule has 1 aliphatic heterocycles. The first kappa shape index (κ1) is 14.6. The van der Waals surface area contributed by atoms with Crippen LogP contribution in [0.2, 0.25) is 0 Å². The summed E-state index contributed by atoms with van der Waals surface area (Å²) in [5, 5.41) is 3.69. The molecule has 2 aliphatic rings. The SMILES string of the molecule is CCOc1ccc(N2CC(C)(C3CC3)NCC2C)cc1F. The fraction of sp³-hybridized carbons (Fsp3) is 0.647. The number of rotatable bonds is 4. The van der Waals surface area contributed by atoms with E-state index in [9.17, 15) is 4.39 Å².